The molecule has 0 spiro atoms. The van der Waals surface area contributed by atoms with Gasteiger partial charge in [-0.3, -0.25) is 0 Å². The number of ether oxygens (including phenoxy) is 19. The molecule has 4 heterocycles. The monoisotopic (exact) mass is 1750 g/mol. The maximum Gasteiger partial charge on any atom is 0.187 e. The molecular weight excluding hydrogens is 1630 g/mol. The van der Waals surface area contributed by atoms with E-state index < -0.39 is 123 Å². The van der Waals surface area contributed by atoms with E-state index in [0.29, 0.717) is 0 Å². The van der Waals surface area contributed by atoms with Crippen LogP contribution in [0, 0.1) is 0 Å². The van der Waals surface area contributed by atoms with Crippen LogP contribution in [0.15, 0.2) is 364 Å². The van der Waals surface area contributed by atoms with E-state index in [0.717, 1.165) is 66.8 Å². The van der Waals surface area contributed by atoms with Crippen molar-refractivity contribution in [2.45, 2.75) is 202 Å². The summed E-state index contributed by atoms with van der Waals surface area (Å²) in [4.78, 5) is 0. The predicted molar refractivity (Wildman–Crippen MR) is 482 cm³/mol. The molecule has 4 aliphatic heterocycles. The Morgan fingerprint density at radius 2 is 0.341 bits per heavy atom. The van der Waals surface area contributed by atoms with Crippen molar-refractivity contribution in [2.75, 3.05) is 26.4 Å². The SMILES string of the molecule is O[C@H]1[C@H](OCc2ccccc2)[C@H](OCc2ccccc2)[C@H](O[C@H]2[C@H](OCc3ccccc3)[C@H](OCc3ccccc3)[C@H](O[C@H]3[C@H](OCc4ccccc4)[C@H](OCc4ccccc4)[C@H](O[C@H]4[C@H](OCc5ccccc5)[C@H](OCc5ccccc5)[C@@H](O)O[C@@H]4COCc4ccccc4)O[C@@H]3COCc3ccccc3)O[C@@H]2COCc2ccccc2)O[C@@H]1COCc1ccccc1. The van der Waals surface area contributed by atoms with Gasteiger partial charge in [0.05, 0.1) is 106 Å². The van der Waals surface area contributed by atoms with Gasteiger partial charge < -0.3 is 100 Å². The molecule has 672 valence electrons. The molecule has 0 aromatic heterocycles. The minimum absolute atomic E-state index is 0.0162. The standard InChI is InChI=1S/C108H114O21/c109-93-89(73-111-61-77-37-13-1-14-38-77)124-106(102(120-70-86-55-31-10-32-56-86)97(93)115-65-81-45-21-5-22-46-81)128-95-91(75-113-63-79-41-17-3-18-42-79)126-108(104(122-72-88-59-35-12-36-60-88)99(95)117-67-83-49-25-7-26-50-83)129-96-92(76-114-64-80-43-19-4-20-44-80)125-107(103(121-71-87-57-33-11-34-58-87)100(96)118-68-84-51-27-8-28-52-84)127-94-90(74-112-62-78-39-15-2-16-40-78)123-105(110)101(119-69-85-53-29-9-30-54-85)98(94)116-66-82-47-23-6-24-48-82/h1-60,89-110H,61-76H2/t89-,90-,91-,92-,93-,94-,95-,96-,97+,98+,99+,100+,101+,102+,103+,104+,105+,106+,107+,108+/m1/s1. The van der Waals surface area contributed by atoms with Gasteiger partial charge in [0.15, 0.2) is 25.2 Å². The second kappa shape index (κ2) is 49.2. The largest absolute Gasteiger partial charge is 0.387 e. The lowest BCUT2D eigenvalue weighted by atomic mass is 9.94. The Morgan fingerprint density at radius 1 is 0.171 bits per heavy atom. The van der Waals surface area contributed by atoms with Gasteiger partial charge in [0, 0.05) is 0 Å². The number of rotatable bonds is 46. The van der Waals surface area contributed by atoms with Gasteiger partial charge in [0.1, 0.15) is 97.7 Å². The molecule has 0 radical (unpaired) electrons. The van der Waals surface area contributed by atoms with Gasteiger partial charge in [-0.05, 0) is 66.8 Å². The van der Waals surface area contributed by atoms with Gasteiger partial charge in [0.2, 0.25) is 0 Å². The molecule has 4 saturated heterocycles. The first-order valence-electron chi connectivity index (χ1n) is 44.5. The van der Waals surface area contributed by atoms with Crippen molar-refractivity contribution in [3.8, 4) is 0 Å². The van der Waals surface area contributed by atoms with Gasteiger partial charge >= 0.3 is 0 Å². The Hall–Kier alpha value is -10.2. The van der Waals surface area contributed by atoms with Crippen LogP contribution in [-0.4, -0.2) is 159 Å². The molecule has 4 aliphatic rings. The topological polar surface area (TPSA) is 216 Å². The van der Waals surface area contributed by atoms with Gasteiger partial charge in [-0.25, -0.2) is 0 Å². The predicted octanol–water partition coefficient (Wildman–Crippen LogP) is 16.9. The zero-order valence-electron chi connectivity index (χ0n) is 72.2. The third-order valence-electron chi connectivity index (χ3n) is 23.1. The van der Waals surface area contributed by atoms with E-state index in [2.05, 4.69) is 0 Å². The van der Waals surface area contributed by atoms with Gasteiger partial charge in [0.25, 0.3) is 0 Å². The Bertz CT molecular complexity index is 5070. The van der Waals surface area contributed by atoms with E-state index in [1.807, 2.05) is 364 Å². The molecule has 20 atom stereocenters. The number of hydrogen-bond donors (Lipinski definition) is 2. The zero-order valence-corrected chi connectivity index (χ0v) is 72.2. The molecule has 0 bridgehead atoms. The molecule has 21 nitrogen and oxygen atoms in total. The average molecular weight is 1750 g/mol. The summed E-state index contributed by atoms with van der Waals surface area (Å²) in [5.41, 5.74) is 10.4. The summed E-state index contributed by atoms with van der Waals surface area (Å²) in [7, 11) is 0. The van der Waals surface area contributed by atoms with Crippen molar-refractivity contribution in [1.29, 1.82) is 0 Å². The number of aliphatic hydroxyl groups is 2. The van der Waals surface area contributed by atoms with Crippen molar-refractivity contribution >= 4 is 0 Å². The Balaban J connectivity index is 0.831. The Morgan fingerprint density at radius 3 is 0.581 bits per heavy atom. The number of aliphatic hydroxyl groups excluding tert-OH is 2. The van der Waals surface area contributed by atoms with Crippen LogP contribution >= 0.6 is 0 Å². The summed E-state index contributed by atoms with van der Waals surface area (Å²) in [5, 5.41) is 25.6. The quantitative estimate of drug-likeness (QED) is 0.0363. The van der Waals surface area contributed by atoms with Crippen LogP contribution in [0.4, 0.5) is 0 Å². The van der Waals surface area contributed by atoms with E-state index in [1.165, 1.54) is 0 Å². The first kappa shape index (κ1) is 92.1. The van der Waals surface area contributed by atoms with Crippen molar-refractivity contribution in [1.82, 2.24) is 0 Å². The van der Waals surface area contributed by atoms with Crippen LogP contribution in [-0.2, 0) is 169 Å². The summed E-state index contributed by atoms with van der Waals surface area (Å²) in [6.07, 6.45) is -24.4. The van der Waals surface area contributed by atoms with E-state index in [1.54, 1.807) is 0 Å². The van der Waals surface area contributed by atoms with Crippen molar-refractivity contribution in [3.63, 3.8) is 0 Å². The summed E-state index contributed by atoms with van der Waals surface area (Å²) < 4.78 is 139. The summed E-state index contributed by atoms with van der Waals surface area (Å²) in [5.74, 6) is 0. The summed E-state index contributed by atoms with van der Waals surface area (Å²) >= 11 is 0. The fourth-order valence-corrected chi connectivity index (χ4v) is 16.4. The maximum absolute atomic E-state index is 13.0. The highest BCUT2D eigenvalue weighted by Gasteiger charge is 2.59. The van der Waals surface area contributed by atoms with E-state index in [-0.39, 0.29) is 106 Å². The van der Waals surface area contributed by atoms with Gasteiger partial charge in [-0.1, -0.05) is 364 Å². The fraction of sp³-hybridized carbons (Fsp3) is 0.333. The molecule has 16 rings (SSSR count). The molecule has 4 fully saturated rings. The van der Waals surface area contributed by atoms with E-state index in [9.17, 15) is 10.2 Å². The molecule has 0 saturated carbocycles. The number of benzene rings is 12. The van der Waals surface area contributed by atoms with Crippen LogP contribution in [0.5, 0.6) is 0 Å². The lowest BCUT2D eigenvalue weighted by Crippen LogP contribution is -2.69. The van der Waals surface area contributed by atoms with Crippen LogP contribution in [0.1, 0.15) is 66.8 Å². The van der Waals surface area contributed by atoms with Crippen LogP contribution in [0.3, 0.4) is 0 Å². The Labute approximate surface area is 755 Å². The zero-order chi connectivity index (χ0) is 87.7. The van der Waals surface area contributed by atoms with Crippen LogP contribution in [0.25, 0.3) is 0 Å². The molecule has 0 aliphatic carbocycles. The summed E-state index contributed by atoms with van der Waals surface area (Å²) in [6, 6.07) is 118. The molecule has 12 aromatic carbocycles. The fourth-order valence-electron chi connectivity index (χ4n) is 16.4. The number of hydrogen-bond acceptors (Lipinski definition) is 21. The molecule has 0 unspecified atom stereocenters. The minimum Gasteiger partial charge on any atom is -0.387 e. The normalized spacial score (nSPS) is 25.8. The van der Waals surface area contributed by atoms with E-state index in [4.69, 9.17) is 90.0 Å². The van der Waals surface area contributed by atoms with Crippen molar-refractivity contribution < 1.29 is 100 Å². The van der Waals surface area contributed by atoms with Crippen molar-refractivity contribution in [2.24, 2.45) is 0 Å². The lowest BCUT2D eigenvalue weighted by molar-refractivity contribution is -0.402. The maximum atomic E-state index is 13.0. The van der Waals surface area contributed by atoms with Crippen LogP contribution < -0.4 is 0 Å². The first-order valence-corrected chi connectivity index (χ1v) is 44.5. The molecular formula is C108H114O21. The van der Waals surface area contributed by atoms with Gasteiger partial charge in [-0.15, -0.1) is 0 Å². The van der Waals surface area contributed by atoms with Crippen molar-refractivity contribution in [3.05, 3.63) is 431 Å². The molecule has 129 heavy (non-hydrogen) atoms. The van der Waals surface area contributed by atoms with Gasteiger partial charge in [-0.2, -0.15) is 0 Å². The molecule has 2 N–H and O–H groups in total. The third-order valence-corrected chi connectivity index (χ3v) is 23.1. The van der Waals surface area contributed by atoms with Crippen LogP contribution in [0.2, 0.25) is 0 Å². The highest BCUT2D eigenvalue weighted by atomic mass is 16.8. The molecule has 0 amide bonds. The second-order valence-corrected chi connectivity index (χ2v) is 32.6. The minimum atomic E-state index is -1.54. The average Bonchev–Trinajstić information content (AvgIpc) is 0.760. The first-order chi connectivity index (χ1) is 63.8. The molecule has 21 heteroatoms. The lowest BCUT2D eigenvalue weighted by Gasteiger charge is -2.52. The third kappa shape index (κ3) is 27.0. The molecule has 12 aromatic rings. The smallest absolute Gasteiger partial charge is 0.187 e. The Kier molecular flexibility index (Phi) is 35.1. The highest BCUT2D eigenvalue weighted by molar-refractivity contribution is 5.23. The second-order valence-electron chi connectivity index (χ2n) is 32.6. The van der Waals surface area contributed by atoms with E-state index >= 15 is 0 Å². The summed E-state index contributed by atoms with van der Waals surface area (Å²) in [6.45, 7) is 0.734. The highest BCUT2D eigenvalue weighted by Crippen LogP contribution is 2.42.